The molecular formula is C30H30F2N6O6. The van der Waals surface area contributed by atoms with Crippen molar-refractivity contribution in [2.75, 3.05) is 23.9 Å². The number of halogens is 2. The summed E-state index contributed by atoms with van der Waals surface area (Å²) in [5.41, 5.74) is -0.668. The van der Waals surface area contributed by atoms with Crippen LogP contribution in [0.1, 0.15) is 66.6 Å². The van der Waals surface area contributed by atoms with E-state index in [0.29, 0.717) is 29.5 Å². The second-order valence-corrected chi connectivity index (χ2v) is 11.1. The van der Waals surface area contributed by atoms with Crippen LogP contribution < -0.4 is 10.2 Å². The standard InChI is InChI=1S/C30H30F2N6O6/c1-30(2,3)44-29(41)37(14-17-5-6-17)23-13-19(11-12-33-23)27-35-22(16-43-27)26(39)34-21-15-38(36-24(21)25(31)32)20-9-7-18(8-10-20)28(40)42-4/h7-13,15-17,25H,5-6,14H2,1-4H3,(H,34,39). The molecule has 1 aliphatic carbocycles. The van der Waals surface area contributed by atoms with Crippen LogP contribution in [0.25, 0.3) is 17.1 Å². The molecule has 1 N–H and O–H groups in total. The number of carbonyl (C=O) groups excluding carboxylic acids is 3. The summed E-state index contributed by atoms with van der Waals surface area (Å²) in [6.07, 6.45) is 2.30. The molecule has 1 saturated carbocycles. The first kappa shape index (κ1) is 30.3. The number of benzene rings is 1. The van der Waals surface area contributed by atoms with Crippen LogP contribution in [0.2, 0.25) is 0 Å². The normalized spacial score (nSPS) is 13.1. The number of pyridine rings is 1. The maximum Gasteiger partial charge on any atom is 0.416 e. The van der Waals surface area contributed by atoms with Gasteiger partial charge < -0.3 is 19.2 Å². The van der Waals surface area contributed by atoms with E-state index in [2.05, 4.69) is 25.1 Å². The van der Waals surface area contributed by atoms with Crippen molar-refractivity contribution < 1.29 is 37.1 Å². The number of anilines is 2. The molecule has 3 heterocycles. The van der Waals surface area contributed by atoms with Crippen LogP contribution in [0.4, 0.5) is 25.1 Å². The molecule has 12 nitrogen and oxygen atoms in total. The molecule has 1 aromatic carbocycles. The quantitative estimate of drug-likeness (QED) is 0.225. The number of aromatic nitrogens is 4. The number of rotatable bonds is 9. The molecule has 0 radical (unpaired) electrons. The number of oxazole rings is 1. The number of hydrogen-bond donors (Lipinski definition) is 1. The lowest BCUT2D eigenvalue weighted by Gasteiger charge is -2.27. The fourth-order valence-corrected chi connectivity index (χ4v) is 4.18. The minimum Gasteiger partial charge on any atom is -0.465 e. The van der Waals surface area contributed by atoms with Crippen LogP contribution in [0.5, 0.6) is 0 Å². The van der Waals surface area contributed by atoms with E-state index >= 15 is 0 Å². The molecule has 44 heavy (non-hydrogen) atoms. The average Bonchev–Trinajstić information content (AvgIpc) is 3.49. The summed E-state index contributed by atoms with van der Waals surface area (Å²) < 4.78 is 44.6. The van der Waals surface area contributed by atoms with Crippen LogP contribution in [0, 0.1) is 5.92 Å². The van der Waals surface area contributed by atoms with Crippen LogP contribution in [-0.4, -0.2) is 57.0 Å². The van der Waals surface area contributed by atoms with Gasteiger partial charge in [0.2, 0.25) is 5.89 Å². The first-order valence-electron chi connectivity index (χ1n) is 13.7. The number of amides is 2. The molecule has 1 fully saturated rings. The Bertz CT molecular complexity index is 1670. The zero-order chi connectivity index (χ0) is 31.6. The molecule has 0 atom stereocenters. The van der Waals surface area contributed by atoms with E-state index < -0.39 is 35.7 Å². The molecule has 5 rings (SSSR count). The Morgan fingerprint density at radius 3 is 2.52 bits per heavy atom. The number of nitrogens with one attached hydrogen (secondary N) is 1. The van der Waals surface area contributed by atoms with Gasteiger partial charge in [-0.15, -0.1) is 0 Å². The lowest BCUT2D eigenvalue weighted by molar-refractivity contribution is 0.0573. The zero-order valence-corrected chi connectivity index (χ0v) is 24.4. The number of esters is 1. The van der Waals surface area contributed by atoms with Crippen LogP contribution in [0.15, 0.2) is 59.5 Å². The van der Waals surface area contributed by atoms with Crippen LogP contribution in [-0.2, 0) is 9.47 Å². The fourth-order valence-electron chi connectivity index (χ4n) is 4.18. The minimum atomic E-state index is -2.99. The van der Waals surface area contributed by atoms with Crippen molar-refractivity contribution in [2.24, 2.45) is 5.92 Å². The van der Waals surface area contributed by atoms with Gasteiger partial charge in [0.1, 0.15) is 17.7 Å². The Balaban J connectivity index is 1.34. The predicted molar refractivity (Wildman–Crippen MR) is 154 cm³/mol. The van der Waals surface area contributed by atoms with Gasteiger partial charge in [-0.2, -0.15) is 5.10 Å². The number of alkyl halides is 2. The highest BCUT2D eigenvalue weighted by Gasteiger charge is 2.31. The highest BCUT2D eigenvalue weighted by Crippen LogP contribution is 2.33. The summed E-state index contributed by atoms with van der Waals surface area (Å²) in [6.45, 7) is 5.79. The Labute approximate surface area is 251 Å². The second-order valence-electron chi connectivity index (χ2n) is 11.1. The molecule has 0 saturated heterocycles. The van der Waals surface area contributed by atoms with E-state index in [0.717, 1.165) is 23.8 Å². The molecule has 1 aliphatic rings. The van der Waals surface area contributed by atoms with Gasteiger partial charge in [0, 0.05) is 18.3 Å². The highest BCUT2D eigenvalue weighted by atomic mass is 19.3. The Morgan fingerprint density at radius 1 is 1.16 bits per heavy atom. The zero-order valence-electron chi connectivity index (χ0n) is 24.4. The topological polar surface area (TPSA) is 142 Å². The number of methoxy groups -OCH3 is 1. The SMILES string of the molecule is COC(=O)c1ccc(-n2cc(NC(=O)c3coc(-c4ccnc(N(CC5CC5)C(=O)OC(C)(C)C)c4)n3)c(C(F)F)n2)cc1. The number of ether oxygens (including phenoxy) is 2. The van der Waals surface area contributed by atoms with Gasteiger partial charge in [-0.3, -0.25) is 9.69 Å². The molecule has 3 aromatic heterocycles. The first-order chi connectivity index (χ1) is 20.9. The van der Waals surface area contributed by atoms with Crippen molar-refractivity contribution in [1.82, 2.24) is 19.7 Å². The highest BCUT2D eigenvalue weighted by molar-refractivity contribution is 6.03. The molecule has 0 unspecified atom stereocenters. The molecular weight excluding hydrogens is 578 g/mol. The lowest BCUT2D eigenvalue weighted by atomic mass is 10.2. The third-order valence-electron chi connectivity index (χ3n) is 6.51. The van der Waals surface area contributed by atoms with Crippen molar-refractivity contribution in [3.63, 3.8) is 0 Å². The average molecular weight is 609 g/mol. The summed E-state index contributed by atoms with van der Waals surface area (Å²) in [5.74, 6) is -0.606. The number of nitrogens with zero attached hydrogens (tertiary/aromatic N) is 5. The second kappa shape index (κ2) is 12.2. The van der Waals surface area contributed by atoms with Gasteiger partial charge in [-0.25, -0.2) is 33.0 Å². The van der Waals surface area contributed by atoms with Gasteiger partial charge in [-0.05, 0) is 75.9 Å². The predicted octanol–water partition coefficient (Wildman–Crippen LogP) is 6.05. The van der Waals surface area contributed by atoms with E-state index in [9.17, 15) is 23.2 Å². The van der Waals surface area contributed by atoms with Crippen molar-refractivity contribution in [3.8, 4) is 17.1 Å². The van der Waals surface area contributed by atoms with Crippen molar-refractivity contribution in [3.05, 3.63) is 72.0 Å². The Morgan fingerprint density at radius 2 is 1.89 bits per heavy atom. The molecule has 230 valence electrons. The molecule has 0 bridgehead atoms. The third kappa shape index (κ3) is 7.07. The van der Waals surface area contributed by atoms with E-state index in [1.165, 1.54) is 48.7 Å². The van der Waals surface area contributed by atoms with Crippen LogP contribution in [0.3, 0.4) is 0 Å². The molecule has 14 heteroatoms. The lowest BCUT2D eigenvalue weighted by Crippen LogP contribution is -2.38. The maximum absolute atomic E-state index is 13.8. The molecule has 0 spiro atoms. The Kier molecular flexibility index (Phi) is 8.43. The largest absolute Gasteiger partial charge is 0.465 e. The minimum absolute atomic E-state index is 0.0600. The smallest absolute Gasteiger partial charge is 0.416 e. The first-order valence-corrected chi connectivity index (χ1v) is 13.7. The summed E-state index contributed by atoms with van der Waals surface area (Å²) in [6, 6.07) is 9.13. The summed E-state index contributed by atoms with van der Waals surface area (Å²) in [7, 11) is 1.25. The molecule has 4 aromatic rings. The van der Waals surface area contributed by atoms with Gasteiger partial charge >= 0.3 is 12.1 Å². The fraction of sp³-hybridized carbons (Fsp3) is 0.333. The van der Waals surface area contributed by atoms with Gasteiger partial charge in [0.15, 0.2) is 11.4 Å². The maximum atomic E-state index is 13.8. The summed E-state index contributed by atoms with van der Waals surface area (Å²) >= 11 is 0. The summed E-state index contributed by atoms with van der Waals surface area (Å²) in [4.78, 5) is 47.7. The summed E-state index contributed by atoms with van der Waals surface area (Å²) in [5, 5.41) is 6.32. The number of hydrogen-bond acceptors (Lipinski definition) is 9. The van der Waals surface area contributed by atoms with Crippen molar-refractivity contribution >= 4 is 29.5 Å². The van der Waals surface area contributed by atoms with E-state index in [1.807, 2.05) is 0 Å². The van der Waals surface area contributed by atoms with E-state index in [-0.39, 0.29) is 22.8 Å². The van der Waals surface area contributed by atoms with Gasteiger partial charge in [0.05, 0.1) is 30.2 Å². The number of carbonyl (C=O) groups is 3. The third-order valence-corrected chi connectivity index (χ3v) is 6.51. The van der Waals surface area contributed by atoms with Gasteiger partial charge in [0.25, 0.3) is 12.3 Å². The molecule has 2 amide bonds. The van der Waals surface area contributed by atoms with Crippen molar-refractivity contribution in [1.29, 1.82) is 0 Å². The van der Waals surface area contributed by atoms with Crippen molar-refractivity contribution in [2.45, 2.75) is 45.6 Å². The Hall–Kier alpha value is -5.14. The van der Waals surface area contributed by atoms with Gasteiger partial charge in [-0.1, -0.05) is 0 Å². The van der Waals surface area contributed by atoms with E-state index in [4.69, 9.17) is 9.15 Å². The molecule has 0 aliphatic heterocycles. The van der Waals surface area contributed by atoms with E-state index in [1.54, 1.807) is 32.9 Å². The van der Waals surface area contributed by atoms with Crippen LogP contribution >= 0.6 is 0 Å². The monoisotopic (exact) mass is 608 g/mol.